The lowest BCUT2D eigenvalue weighted by molar-refractivity contribution is 0.579. The van der Waals surface area contributed by atoms with Crippen molar-refractivity contribution in [3.63, 3.8) is 0 Å². The van der Waals surface area contributed by atoms with Crippen LogP contribution >= 0.6 is 0 Å². The van der Waals surface area contributed by atoms with Gasteiger partial charge >= 0.3 is 0 Å². The quantitative estimate of drug-likeness (QED) is 0.888. The van der Waals surface area contributed by atoms with Crippen molar-refractivity contribution in [3.05, 3.63) is 65.0 Å². The molecule has 0 aliphatic heterocycles. The molecule has 0 spiro atoms. The maximum Gasteiger partial charge on any atom is 0.240 e. The van der Waals surface area contributed by atoms with Gasteiger partial charge in [-0.05, 0) is 36.2 Å². The molecule has 0 saturated carbocycles. The molecule has 0 bridgehead atoms. The van der Waals surface area contributed by atoms with Gasteiger partial charge in [-0.1, -0.05) is 24.3 Å². The fraction of sp³-hybridized carbons (Fsp3) is 0.200. The SMILES string of the molecule is Cc1ccccc1CNS(=O)(=O)c1ccc(F)c(CN)c1. The number of nitrogens with two attached hydrogens (primary N) is 1. The number of hydrogen-bond acceptors (Lipinski definition) is 3. The van der Waals surface area contributed by atoms with Gasteiger partial charge in [-0.3, -0.25) is 0 Å². The van der Waals surface area contributed by atoms with Crippen LogP contribution in [0.3, 0.4) is 0 Å². The lowest BCUT2D eigenvalue weighted by Gasteiger charge is -2.10. The molecule has 0 aliphatic rings. The van der Waals surface area contributed by atoms with Crippen LogP contribution in [0.25, 0.3) is 0 Å². The molecule has 0 saturated heterocycles. The van der Waals surface area contributed by atoms with Crippen molar-refractivity contribution in [1.29, 1.82) is 0 Å². The summed E-state index contributed by atoms with van der Waals surface area (Å²) in [5.74, 6) is -0.504. The second-order valence-corrected chi connectivity index (χ2v) is 6.48. The van der Waals surface area contributed by atoms with E-state index in [1.807, 2.05) is 31.2 Å². The van der Waals surface area contributed by atoms with Crippen molar-refractivity contribution in [2.24, 2.45) is 5.73 Å². The summed E-state index contributed by atoms with van der Waals surface area (Å²) < 4.78 is 40.3. The first-order valence-electron chi connectivity index (χ1n) is 6.46. The lowest BCUT2D eigenvalue weighted by atomic mass is 10.1. The van der Waals surface area contributed by atoms with Gasteiger partial charge in [0.25, 0.3) is 0 Å². The van der Waals surface area contributed by atoms with E-state index in [1.54, 1.807) is 0 Å². The fourth-order valence-corrected chi connectivity index (χ4v) is 3.00. The fourth-order valence-electron chi connectivity index (χ4n) is 1.94. The van der Waals surface area contributed by atoms with E-state index < -0.39 is 15.8 Å². The number of sulfonamides is 1. The molecule has 3 N–H and O–H groups in total. The van der Waals surface area contributed by atoms with Crippen LogP contribution in [0.4, 0.5) is 4.39 Å². The van der Waals surface area contributed by atoms with Crippen LogP contribution in [0.15, 0.2) is 47.4 Å². The van der Waals surface area contributed by atoms with Gasteiger partial charge in [0.05, 0.1) is 4.90 Å². The minimum absolute atomic E-state index is 0.0120. The van der Waals surface area contributed by atoms with E-state index in [0.29, 0.717) is 0 Å². The van der Waals surface area contributed by atoms with Crippen LogP contribution < -0.4 is 10.5 Å². The number of rotatable bonds is 5. The van der Waals surface area contributed by atoms with Crippen LogP contribution in [0.1, 0.15) is 16.7 Å². The smallest absolute Gasteiger partial charge is 0.240 e. The van der Waals surface area contributed by atoms with Gasteiger partial charge in [-0.25, -0.2) is 17.5 Å². The third-order valence-corrected chi connectivity index (χ3v) is 4.66. The largest absolute Gasteiger partial charge is 0.326 e. The number of nitrogens with one attached hydrogen (secondary N) is 1. The first-order valence-corrected chi connectivity index (χ1v) is 7.95. The molecule has 21 heavy (non-hydrogen) atoms. The Labute approximate surface area is 123 Å². The second-order valence-electron chi connectivity index (χ2n) is 4.71. The highest BCUT2D eigenvalue weighted by molar-refractivity contribution is 7.89. The molecular weight excluding hydrogens is 291 g/mol. The van der Waals surface area contributed by atoms with Gasteiger partial charge < -0.3 is 5.73 Å². The summed E-state index contributed by atoms with van der Waals surface area (Å²) in [7, 11) is -3.70. The number of aryl methyl sites for hydroxylation is 1. The Kier molecular flexibility index (Phi) is 4.72. The summed E-state index contributed by atoms with van der Waals surface area (Å²) in [4.78, 5) is 0.0120. The molecule has 2 aromatic rings. The first kappa shape index (κ1) is 15.6. The van der Waals surface area contributed by atoms with E-state index in [0.717, 1.165) is 17.2 Å². The molecule has 2 aromatic carbocycles. The Bertz CT molecular complexity index is 745. The van der Waals surface area contributed by atoms with E-state index in [9.17, 15) is 12.8 Å². The van der Waals surface area contributed by atoms with Gasteiger partial charge in [-0.15, -0.1) is 0 Å². The molecule has 0 aliphatic carbocycles. The molecule has 2 rings (SSSR count). The molecule has 0 fully saturated rings. The standard InChI is InChI=1S/C15H17FN2O2S/c1-11-4-2-3-5-12(11)10-18-21(19,20)14-6-7-15(16)13(8-14)9-17/h2-8,18H,9-10,17H2,1H3. The Hall–Kier alpha value is -1.76. The average Bonchev–Trinajstić information content (AvgIpc) is 2.46. The Morgan fingerprint density at radius 1 is 1.14 bits per heavy atom. The monoisotopic (exact) mass is 308 g/mol. The maximum atomic E-state index is 13.4. The summed E-state index contributed by atoms with van der Waals surface area (Å²) in [5.41, 5.74) is 7.46. The van der Waals surface area contributed by atoms with E-state index in [2.05, 4.69) is 4.72 Å². The normalized spacial score (nSPS) is 11.6. The molecule has 0 unspecified atom stereocenters. The molecule has 4 nitrogen and oxygen atoms in total. The van der Waals surface area contributed by atoms with Crippen molar-refractivity contribution in [1.82, 2.24) is 4.72 Å². The predicted molar refractivity (Wildman–Crippen MR) is 79.5 cm³/mol. The molecule has 112 valence electrons. The highest BCUT2D eigenvalue weighted by Gasteiger charge is 2.16. The molecule has 0 heterocycles. The minimum atomic E-state index is -3.70. The van der Waals surface area contributed by atoms with Gasteiger partial charge in [0, 0.05) is 18.7 Å². The van der Waals surface area contributed by atoms with Crippen molar-refractivity contribution < 1.29 is 12.8 Å². The number of benzene rings is 2. The molecule has 0 atom stereocenters. The van der Waals surface area contributed by atoms with E-state index >= 15 is 0 Å². The molecular formula is C15H17FN2O2S. The number of halogens is 1. The summed E-state index contributed by atoms with van der Waals surface area (Å²) in [6, 6.07) is 11.1. The second kappa shape index (κ2) is 6.34. The van der Waals surface area contributed by atoms with Crippen LogP contribution in [-0.2, 0) is 23.1 Å². The Morgan fingerprint density at radius 3 is 2.52 bits per heavy atom. The minimum Gasteiger partial charge on any atom is -0.326 e. The zero-order valence-corrected chi connectivity index (χ0v) is 12.5. The summed E-state index contributed by atoms with van der Waals surface area (Å²) >= 11 is 0. The number of hydrogen-bond donors (Lipinski definition) is 2. The third kappa shape index (κ3) is 3.66. The summed E-state index contributed by atoms with van der Waals surface area (Å²) in [5, 5.41) is 0. The summed E-state index contributed by atoms with van der Waals surface area (Å²) in [6.07, 6.45) is 0. The highest BCUT2D eigenvalue weighted by atomic mass is 32.2. The molecule has 0 aromatic heterocycles. The van der Waals surface area contributed by atoms with Crippen LogP contribution in [0.5, 0.6) is 0 Å². The molecule has 6 heteroatoms. The predicted octanol–water partition coefficient (Wildman–Crippen LogP) is 2.07. The average molecular weight is 308 g/mol. The zero-order chi connectivity index (χ0) is 15.5. The van der Waals surface area contributed by atoms with Crippen LogP contribution in [-0.4, -0.2) is 8.42 Å². The van der Waals surface area contributed by atoms with Crippen LogP contribution in [0, 0.1) is 12.7 Å². The lowest BCUT2D eigenvalue weighted by Crippen LogP contribution is -2.24. The molecule has 0 amide bonds. The van der Waals surface area contributed by atoms with Gasteiger partial charge in [-0.2, -0.15) is 0 Å². The van der Waals surface area contributed by atoms with Gasteiger partial charge in [0.15, 0.2) is 0 Å². The Morgan fingerprint density at radius 2 is 1.86 bits per heavy atom. The molecule has 0 radical (unpaired) electrons. The zero-order valence-electron chi connectivity index (χ0n) is 11.6. The van der Waals surface area contributed by atoms with Crippen LogP contribution in [0.2, 0.25) is 0 Å². The van der Waals surface area contributed by atoms with E-state index in [4.69, 9.17) is 5.73 Å². The van der Waals surface area contributed by atoms with Crippen molar-refractivity contribution >= 4 is 10.0 Å². The maximum absolute atomic E-state index is 13.4. The Balaban J connectivity index is 2.21. The van der Waals surface area contributed by atoms with E-state index in [-0.39, 0.29) is 23.5 Å². The first-order chi connectivity index (χ1) is 9.94. The summed E-state index contributed by atoms with van der Waals surface area (Å²) in [6.45, 7) is 2.05. The van der Waals surface area contributed by atoms with Crippen molar-refractivity contribution in [3.8, 4) is 0 Å². The van der Waals surface area contributed by atoms with Gasteiger partial charge in [0.1, 0.15) is 5.82 Å². The topological polar surface area (TPSA) is 72.2 Å². The van der Waals surface area contributed by atoms with Gasteiger partial charge in [0.2, 0.25) is 10.0 Å². The van der Waals surface area contributed by atoms with Crippen molar-refractivity contribution in [2.45, 2.75) is 24.9 Å². The van der Waals surface area contributed by atoms with Crippen molar-refractivity contribution in [2.75, 3.05) is 0 Å². The third-order valence-electron chi connectivity index (χ3n) is 3.26. The highest BCUT2D eigenvalue weighted by Crippen LogP contribution is 2.15. The van der Waals surface area contributed by atoms with E-state index in [1.165, 1.54) is 12.1 Å².